The zero-order valence-corrected chi connectivity index (χ0v) is 19.8. The number of carbonyl (C=O) groups excluding carboxylic acids is 1. The van der Waals surface area contributed by atoms with E-state index in [-0.39, 0.29) is 12.1 Å². The first kappa shape index (κ1) is 24.5. The van der Waals surface area contributed by atoms with E-state index in [0.717, 1.165) is 31.5 Å². The van der Waals surface area contributed by atoms with Crippen LogP contribution in [0, 0.1) is 11.7 Å². The molecule has 0 bridgehead atoms. The molecule has 2 aromatic rings. The predicted molar refractivity (Wildman–Crippen MR) is 126 cm³/mol. The number of pyridine rings is 1. The van der Waals surface area contributed by atoms with Gasteiger partial charge in [-0.2, -0.15) is 0 Å². The Morgan fingerprint density at radius 2 is 1.88 bits per heavy atom. The second-order valence-corrected chi connectivity index (χ2v) is 10.0. The maximum absolute atomic E-state index is 14.7. The molecule has 1 aromatic heterocycles. The van der Waals surface area contributed by atoms with E-state index in [9.17, 15) is 18.7 Å². The van der Waals surface area contributed by atoms with Gasteiger partial charge in [-0.3, -0.25) is 4.79 Å². The second-order valence-electron chi connectivity index (χ2n) is 10.0. The number of amides is 1. The van der Waals surface area contributed by atoms with Gasteiger partial charge in [0.1, 0.15) is 11.5 Å². The number of nitrogens with zero attached hydrogens (tertiary/aromatic N) is 3. The number of alkyl halides is 1. The van der Waals surface area contributed by atoms with Crippen LogP contribution < -0.4 is 4.74 Å². The fourth-order valence-corrected chi connectivity index (χ4v) is 4.65. The quantitative estimate of drug-likeness (QED) is 0.660. The third kappa shape index (κ3) is 6.30. The van der Waals surface area contributed by atoms with E-state index in [1.54, 1.807) is 32.2 Å². The van der Waals surface area contributed by atoms with Gasteiger partial charge in [-0.05, 0) is 75.9 Å². The number of ether oxygens (including phenoxy) is 1. The van der Waals surface area contributed by atoms with Gasteiger partial charge in [0.15, 0.2) is 0 Å². The topological polar surface area (TPSA) is 65.9 Å². The molecular weight excluding hydrogens is 440 g/mol. The minimum atomic E-state index is -1.18. The molecule has 0 aliphatic carbocycles. The van der Waals surface area contributed by atoms with Crippen molar-refractivity contribution >= 4 is 5.91 Å². The summed E-state index contributed by atoms with van der Waals surface area (Å²) in [6, 6.07) is 8.11. The largest absolute Gasteiger partial charge is 0.477 e. The minimum Gasteiger partial charge on any atom is -0.477 e. The summed E-state index contributed by atoms with van der Waals surface area (Å²) >= 11 is 0. The monoisotopic (exact) mass is 473 g/mol. The van der Waals surface area contributed by atoms with Crippen molar-refractivity contribution in [1.29, 1.82) is 0 Å². The molecule has 1 atom stereocenters. The van der Waals surface area contributed by atoms with Crippen molar-refractivity contribution in [3.05, 3.63) is 47.9 Å². The van der Waals surface area contributed by atoms with E-state index in [0.29, 0.717) is 43.5 Å². The maximum Gasteiger partial charge on any atom is 0.256 e. The normalized spacial score (nSPS) is 20.0. The summed E-state index contributed by atoms with van der Waals surface area (Å²) in [5.74, 6) is -0.0688. The SMILES string of the molecule is CC(C)(F)CN1CCC(COc2ccc(-c3ccc(C(=O)N4CCC(O)C4)c(F)c3)cn2)CC1. The van der Waals surface area contributed by atoms with E-state index in [1.807, 2.05) is 6.07 Å². The number of rotatable bonds is 7. The zero-order valence-electron chi connectivity index (χ0n) is 19.8. The minimum absolute atomic E-state index is 0.00638. The highest BCUT2D eigenvalue weighted by Gasteiger charge is 2.27. The molecule has 3 heterocycles. The molecule has 2 saturated heterocycles. The first-order valence-corrected chi connectivity index (χ1v) is 12.0. The van der Waals surface area contributed by atoms with Gasteiger partial charge in [0.05, 0.1) is 18.3 Å². The third-order valence-corrected chi connectivity index (χ3v) is 6.49. The number of β-amino-alcohol motifs (C(OH)–C–C–N with tert-alkyl or cyclic N) is 1. The highest BCUT2D eigenvalue weighted by Crippen LogP contribution is 2.25. The zero-order chi connectivity index (χ0) is 24.3. The number of carbonyl (C=O) groups is 1. The third-order valence-electron chi connectivity index (χ3n) is 6.49. The molecule has 34 heavy (non-hydrogen) atoms. The van der Waals surface area contributed by atoms with E-state index in [4.69, 9.17) is 4.74 Å². The number of hydrogen-bond acceptors (Lipinski definition) is 5. The van der Waals surface area contributed by atoms with Crippen LogP contribution in [0.4, 0.5) is 8.78 Å². The molecular formula is C26H33F2N3O3. The molecule has 0 spiro atoms. The van der Waals surface area contributed by atoms with Crippen LogP contribution in [0.5, 0.6) is 5.88 Å². The Morgan fingerprint density at radius 1 is 1.15 bits per heavy atom. The Bertz CT molecular complexity index is 986. The number of aliphatic hydroxyl groups is 1. The van der Waals surface area contributed by atoms with Crippen molar-refractivity contribution in [3.63, 3.8) is 0 Å². The lowest BCUT2D eigenvalue weighted by molar-refractivity contribution is 0.0760. The molecule has 1 N–H and O–H groups in total. The fourth-order valence-electron chi connectivity index (χ4n) is 4.65. The van der Waals surface area contributed by atoms with Gasteiger partial charge in [0.25, 0.3) is 5.91 Å². The summed E-state index contributed by atoms with van der Waals surface area (Å²) in [5.41, 5.74) is 0.180. The predicted octanol–water partition coefficient (Wildman–Crippen LogP) is 3.93. The van der Waals surface area contributed by atoms with Crippen molar-refractivity contribution in [2.24, 2.45) is 5.92 Å². The lowest BCUT2D eigenvalue weighted by atomic mass is 9.97. The highest BCUT2D eigenvalue weighted by atomic mass is 19.1. The van der Waals surface area contributed by atoms with Gasteiger partial charge in [0, 0.05) is 37.5 Å². The Labute approximate surface area is 199 Å². The molecule has 1 amide bonds. The average Bonchev–Trinajstić information content (AvgIpc) is 3.24. The van der Waals surface area contributed by atoms with Gasteiger partial charge in [-0.15, -0.1) is 0 Å². The van der Waals surface area contributed by atoms with Crippen molar-refractivity contribution in [1.82, 2.24) is 14.8 Å². The summed E-state index contributed by atoms with van der Waals surface area (Å²) in [7, 11) is 0. The lowest BCUT2D eigenvalue weighted by Crippen LogP contribution is -2.41. The Morgan fingerprint density at radius 3 is 2.47 bits per heavy atom. The molecule has 2 aliphatic rings. The van der Waals surface area contributed by atoms with Crippen LogP contribution >= 0.6 is 0 Å². The number of hydrogen-bond donors (Lipinski definition) is 1. The van der Waals surface area contributed by atoms with E-state index >= 15 is 0 Å². The Balaban J connectivity index is 1.30. The summed E-state index contributed by atoms with van der Waals surface area (Å²) in [5, 5.41) is 9.62. The lowest BCUT2D eigenvalue weighted by Gasteiger charge is -2.34. The van der Waals surface area contributed by atoms with E-state index < -0.39 is 23.5 Å². The van der Waals surface area contributed by atoms with E-state index in [2.05, 4.69) is 9.88 Å². The molecule has 2 aliphatic heterocycles. The smallest absolute Gasteiger partial charge is 0.256 e. The van der Waals surface area contributed by atoms with Crippen molar-refractivity contribution in [2.45, 2.75) is 44.9 Å². The van der Waals surface area contributed by atoms with Gasteiger partial charge in [-0.25, -0.2) is 13.8 Å². The van der Waals surface area contributed by atoms with Crippen LogP contribution in [0.1, 0.15) is 43.5 Å². The van der Waals surface area contributed by atoms with Gasteiger partial charge in [-0.1, -0.05) is 6.07 Å². The van der Waals surface area contributed by atoms with Gasteiger partial charge < -0.3 is 19.6 Å². The van der Waals surface area contributed by atoms with E-state index in [1.165, 1.54) is 17.0 Å². The molecule has 1 aromatic carbocycles. The fraction of sp³-hybridized carbons (Fsp3) is 0.538. The number of aliphatic hydroxyl groups excluding tert-OH is 1. The Hall–Kier alpha value is -2.58. The molecule has 4 rings (SSSR count). The summed E-state index contributed by atoms with van der Waals surface area (Å²) in [6.45, 7) is 6.66. The molecule has 1 unspecified atom stereocenters. The maximum atomic E-state index is 14.7. The number of likely N-dealkylation sites (tertiary alicyclic amines) is 2. The molecule has 8 heteroatoms. The standard InChI is InChI=1S/C26H33F2N3O3/c1-26(2,28)17-30-10-7-18(8-11-30)16-34-24-6-4-20(14-29-24)19-3-5-22(23(27)13-19)25(33)31-12-9-21(32)15-31/h3-6,13-14,18,21,32H,7-12,15-17H2,1-2H3. The number of benzene rings is 1. The number of halogens is 2. The molecule has 0 saturated carbocycles. The summed E-state index contributed by atoms with van der Waals surface area (Å²) < 4.78 is 34.4. The molecule has 6 nitrogen and oxygen atoms in total. The second kappa shape index (κ2) is 10.4. The highest BCUT2D eigenvalue weighted by molar-refractivity contribution is 5.95. The number of piperidine rings is 1. The molecule has 0 radical (unpaired) electrons. The van der Waals surface area contributed by atoms with Crippen molar-refractivity contribution in [3.8, 4) is 17.0 Å². The van der Waals surface area contributed by atoms with Crippen molar-refractivity contribution in [2.75, 3.05) is 39.3 Å². The first-order chi connectivity index (χ1) is 16.2. The van der Waals surface area contributed by atoms with Crippen molar-refractivity contribution < 1.29 is 23.4 Å². The van der Waals surface area contributed by atoms with Crippen LogP contribution in [0.15, 0.2) is 36.5 Å². The van der Waals surface area contributed by atoms with Crippen LogP contribution in [-0.2, 0) is 0 Å². The van der Waals surface area contributed by atoms with Crippen LogP contribution in [0.2, 0.25) is 0 Å². The van der Waals surface area contributed by atoms with Crippen LogP contribution in [0.25, 0.3) is 11.1 Å². The first-order valence-electron chi connectivity index (χ1n) is 12.0. The van der Waals surface area contributed by atoms with Gasteiger partial charge in [0.2, 0.25) is 5.88 Å². The number of aromatic nitrogens is 1. The Kier molecular flexibility index (Phi) is 7.48. The van der Waals surface area contributed by atoms with Crippen LogP contribution in [0.3, 0.4) is 0 Å². The van der Waals surface area contributed by atoms with Crippen LogP contribution in [-0.4, -0.2) is 76.9 Å². The van der Waals surface area contributed by atoms with Gasteiger partial charge >= 0.3 is 0 Å². The molecule has 184 valence electrons. The average molecular weight is 474 g/mol. The summed E-state index contributed by atoms with van der Waals surface area (Å²) in [6.07, 6.45) is 3.54. The summed E-state index contributed by atoms with van der Waals surface area (Å²) in [4.78, 5) is 20.5. The molecule has 2 fully saturated rings.